The van der Waals surface area contributed by atoms with Crippen molar-refractivity contribution < 1.29 is 9.59 Å². The van der Waals surface area contributed by atoms with Gasteiger partial charge in [-0.25, -0.2) is 4.79 Å². The molecule has 7 nitrogen and oxygen atoms in total. The molecule has 0 fully saturated rings. The Bertz CT molecular complexity index is 743. The Labute approximate surface area is 147 Å². The van der Waals surface area contributed by atoms with Gasteiger partial charge in [-0.15, -0.1) is 11.3 Å². The smallest absolute Gasteiger partial charge is 0.321 e. The van der Waals surface area contributed by atoms with Gasteiger partial charge < -0.3 is 9.88 Å². The van der Waals surface area contributed by atoms with Gasteiger partial charge in [0.2, 0.25) is 5.91 Å². The molecule has 2 rings (SSSR count). The van der Waals surface area contributed by atoms with Crippen molar-refractivity contribution in [2.24, 2.45) is 0 Å². The highest BCUT2D eigenvalue weighted by Gasteiger charge is 2.10. The Kier molecular flexibility index (Phi) is 7.01. The quantitative estimate of drug-likeness (QED) is 0.572. The maximum absolute atomic E-state index is 11.8. The first-order chi connectivity index (χ1) is 11.6. The third-order valence-electron chi connectivity index (χ3n) is 3.01. The third-order valence-corrected chi connectivity index (χ3v) is 4.94. The number of amides is 3. The molecule has 128 valence electrons. The fourth-order valence-corrected chi connectivity index (χ4v) is 3.41. The second-order valence-electron chi connectivity index (χ2n) is 4.76. The largest absolute Gasteiger partial charge is 0.337 e. The van der Waals surface area contributed by atoms with Gasteiger partial charge in [0.1, 0.15) is 0 Å². The van der Waals surface area contributed by atoms with Crippen LogP contribution >= 0.6 is 23.1 Å². The van der Waals surface area contributed by atoms with Gasteiger partial charge in [-0.1, -0.05) is 17.8 Å². The monoisotopic (exact) mass is 366 g/mol. The van der Waals surface area contributed by atoms with Crippen LogP contribution in [0, 0.1) is 0 Å². The number of hydrogen-bond acceptors (Lipinski definition) is 6. The predicted molar refractivity (Wildman–Crippen MR) is 94.5 cm³/mol. The second-order valence-corrected chi connectivity index (χ2v) is 6.73. The number of carbonyl (C=O) groups is 2. The van der Waals surface area contributed by atoms with Gasteiger partial charge in [0.05, 0.1) is 5.75 Å². The lowest BCUT2D eigenvalue weighted by Crippen LogP contribution is -2.41. The molecule has 2 heterocycles. The van der Waals surface area contributed by atoms with E-state index in [4.69, 9.17) is 0 Å². The first-order valence-electron chi connectivity index (χ1n) is 7.39. The van der Waals surface area contributed by atoms with E-state index >= 15 is 0 Å². The van der Waals surface area contributed by atoms with Gasteiger partial charge in [0.15, 0.2) is 5.16 Å². The molecule has 0 saturated heterocycles. The zero-order valence-electron chi connectivity index (χ0n) is 13.2. The van der Waals surface area contributed by atoms with Crippen LogP contribution in [0.1, 0.15) is 11.8 Å². The summed E-state index contributed by atoms with van der Waals surface area (Å²) >= 11 is 2.74. The maximum atomic E-state index is 11.8. The highest BCUT2D eigenvalue weighted by Crippen LogP contribution is 2.13. The number of imide groups is 1. The molecule has 0 radical (unpaired) electrons. The summed E-state index contributed by atoms with van der Waals surface area (Å²) in [6, 6.07) is 4.79. The van der Waals surface area contributed by atoms with E-state index in [1.807, 2.05) is 24.4 Å². The van der Waals surface area contributed by atoms with E-state index in [0.717, 1.165) is 18.2 Å². The number of nitrogens with one attached hydrogen (secondary N) is 2. The number of urea groups is 1. The summed E-state index contributed by atoms with van der Waals surface area (Å²) in [4.78, 5) is 39.8. The van der Waals surface area contributed by atoms with Crippen LogP contribution in [0.15, 0.2) is 39.7 Å². The average Bonchev–Trinajstić information content (AvgIpc) is 3.06. The second kappa shape index (κ2) is 9.24. The van der Waals surface area contributed by atoms with E-state index in [1.54, 1.807) is 22.1 Å². The van der Waals surface area contributed by atoms with Crippen molar-refractivity contribution in [1.82, 2.24) is 20.2 Å². The zero-order valence-corrected chi connectivity index (χ0v) is 14.8. The Hall–Kier alpha value is -2.13. The van der Waals surface area contributed by atoms with Crippen LogP contribution in [-0.4, -0.2) is 33.8 Å². The fraction of sp³-hybridized carbons (Fsp3) is 0.333. The van der Waals surface area contributed by atoms with Gasteiger partial charge in [-0.05, 0) is 24.8 Å². The van der Waals surface area contributed by atoms with E-state index < -0.39 is 11.9 Å². The summed E-state index contributed by atoms with van der Waals surface area (Å²) in [5, 5.41) is 7.33. The summed E-state index contributed by atoms with van der Waals surface area (Å²) in [7, 11) is 0. The predicted octanol–water partition coefficient (Wildman–Crippen LogP) is 1.49. The SMILES string of the molecule is CCn1ccc(=O)nc1SCC(=O)NC(=O)NCCc1cccs1. The van der Waals surface area contributed by atoms with Crippen LogP contribution in [-0.2, 0) is 17.8 Å². The van der Waals surface area contributed by atoms with Crippen LogP contribution in [0.25, 0.3) is 0 Å². The summed E-state index contributed by atoms with van der Waals surface area (Å²) < 4.78 is 1.76. The van der Waals surface area contributed by atoms with E-state index in [1.165, 1.54) is 10.9 Å². The van der Waals surface area contributed by atoms with Crippen molar-refractivity contribution in [3.63, 3.8) is 0 Å². The van der Waals surface area contributed by atoms with Crippen molar-refractivity contribution in [2.45, 2.75) is 25.0 Å². The van der Waals surface area contributed by atoms with Crippen LogP contribution in [0.5, 0.6) is 0 Å². The lowest BCUT2D eigenvalue weighted by Gasteiger charge is -2.09. The number of thiophene rings is 1. The van der Waals surface area contributed by atoms with E-state index in [9.17, 15) is 14.4 Å². The minimum absolute atomic E-state index is 0.00873. The van der Waals surface area contributed by atoms with Crippen molar-refractivity contribution in [1.29, 1.82) is 0 Å². The number of rotatable bonds is 7. The highest BCUT2D eigenvalue weighted by molar-refractivity contribution is 7.99. The van der Waals surface area contributed by atoms with Gasteiger partial charge in [-0.3, -0.25) is 14.9 Å². The molecule has 2 N–H and O–H groups in total. The van der Waals surface area contributed by atoms with Gasteiger partial charge in [0, 0.05) is 30.2 Å². The summed E-state index contributed by atoms with van der Waals surface area (Å²) in [6.07, 6.45) is 2.36. The first-order valence-corrected chi connectivity index (χ1v) is 9.25. The topological polar surface area (TPSA) is 93.1 Å². The van der Waals surface area contributed by atoms with Crippen molar-refractivity contribution in [3.8, 4) is 0 Å². The van der Waals surface area contributed by atoms with E-state index in [-0.39, 0.29) is 11.3 Å². The number of aromatic nitrogens is 2. The van der Waals surface area contributed by atoms with E-state index in [2.05, 4.69) is 15.6 Å². The Morgan fingerprint density at radius 1 is 1.38 bits per heavy atom. The van der Waals surface area contributed by atoms with Gasteiger partial charge in [0.25, 0.3) is 5.56 Å². The maximum Gasteiger partial charge on any atom is 0.321 e. The minimum atomic E-state index is -0.522. The molecule has 0 bridgehead atoms. The van der Waals surface area contributed by atoms with Crippen LogP contribution in [0.3, 0.4) is 0 Å². The molecule has 2 aromatic rings. The number of hydrogen-bond donors (Lipinski definition) is 2. The molecule has 0 aliphatic rings. The Morgan fingerprint density at radius 2 is 2.21 bits per heavy atom. The zero-order chi connectivity index (χ0) is 17.4. The normalized spacial score (nSPS) is 10.4. The Morgan fingerprint density at radius 3 is 2.92 bits per heavy atom. The average molecular weight is 366 g/mol. The molecule has 2 aromatic heterocycles. The molecule has 24 heavy (non-hydrogen) atoms. The summed E-state index contributed by atoms with van der Waals surface area (Å²) in [6.45, 7) is 3.01. The molecule has 0 aliphatic heterocycles. The lowest BCUT2D eigenvalue weighted by molar-refractivity contribution is -0.117. The van der Waals surface area contributed by atoms with Crippen LogP contribution in [0.4, 0.5) is 4.79 Å². The fourth-order valence-electron chi connectivity index (χ4n) is 1.86. The summed E-state index contributed by atoms with van der Waals surface area (Å²) in [5.74, 6) is -0.427. The van der Waals surface area contributed by atoms with Crippen molar-refractivity contribution in [2.75, 3.05) is 12.3 Å². The summed E-state index contributed by atoms with van der Waals surface area (Å²) in [5.41, 5.74) is -0.353. The molecule has 0 unspecified atom stereocenters. The van der Waals surface area contributed by atoms with E-state index in [0.29, 0.717) is 18.2 Å². The number of nitrogens with zero attached hydrogens (tertiary/aromatic N) is 2. The van der Waals surface area contributed by atoms with Gasteiger partial charge >= 0.3 is 6.03 Å². The Balaban J connectivity index is 1.73. The van der Waals surface area contributed by atoms with Gasteiger partial charge in [-0.2, -0.15) is 4.98 Å². The molecule has 0 atom stereocenters. The van der Waals surface area contributed by atoms with Crippen LogP contribution in [0.2, 0.25) is 0 Å². The number of thioether (sulfide) groups is 1. The molecule has 0 spiro atoms. The highest BCUT2D eigenvalue weighted by atomic mass is 32.2. The molecular weight excluding hydrogens is 348 g/mol. The molecule has 0 aliphatic carbocycles. The standard InChI is InChI=1S/C15H18N4O3S2/c1-2-19-8-6-12(20)18-15(19)24-10-13(21)17-14(22)16-7-5-11-4-3-9-23-11/h3-4,6,8-9H,2,5,7,10H2,1H3,(H2,16,17,21,22). The van der Waals surface area contributed by atoms with Crippen LogP contribution < -0.4 is 16.2 Å². The molecule has 9 heteroatoms. The third kappa shape index (κ3) is 5.82. The molecular formula is C15H18N4O3S2. The molecule has 0 saturated carbocycles. The first kappa shape index (κ1) is 18.2. The molecule has 3 amide bonds. The minimum Gasteiger partial charge on any atom is -0.337 e. The van der Waals surface area contributed by atoms with Crippen molar-refractivity contribution in [3.05, 3.63) is 45.0 Å². The molecule has 0 aromatic carbocycles. The lowest BCUT2D eigenvalue weighted by atomic mass is 10.3. The number of carbonyl (C=O) groups excluding carboxylic acids is 2. The van der Waals surface area contributed by atoms with Crippen molar-refractivity contribution >= 4 is 35.0 Å². The number of aryl methyl sites for hydroxylation is 1.